The molecule has 0 saturated carbocycles. The summed E-state index contributed by atoms with van der Waals surface area (Å²) in [5.41, 5.74) is 0.225. The Morgan fingerprint density at radius 1 is 1.21 bits per heavy atom. The zero-order valence-electron chi connectivity index (χ0n) is 17.5. The van der Waals surface area contributed by atoms with Crippen molar-refractivity contribution in [2.24, 2.45) is 10.9 Å². The maximum Gasteiger partial charge on any atom is 0.225 e. The van der Waals surface area contributed by atoms with E-state index >= 15 is 0 Å². The van der Waals surface area contributed by atoms with Gasteiger partial charge >= 0.3 is 0 Å². The minimum Gasteiger partial charge on any atom is -0.357 e. The van der Waals surface area contributed by atoms with Crippen LogP contribution in [0.2, 0.25) is 0 Å². The molecule has 2 rings (SSSR count). The van der Waals surface area contributed by atoms with E-state index < -0.39 is 11.6 Å². The Morgan fingerprint density at radius 3 is 2.45 bits per heavy atom. The molecule has 1 saturated heterocycles. The number of guanidine groups is 1. The highest BCUT2D eigenvalue weighted by Crippen LogP contribution is 2.17. The number of halogens is 3. The first-order valence-electron chi connectivity index (χ1n) is 10.3. The minimum atomic E-state index is -0.473. The quantitative estimate of drug-likeness (QED) is 0.323. The number of piperidine rings is 1. The fourth-order valence-electron chi connectivity index (χ4n) is 3.48. The molecule has 1 heterocycles. The van der Waals surface area contributed by atoms with Gasteiger partial charge in [0.25, 0.3) is 0 Å². The van der Waals surface area contributed by atoms with Gasteiger partial charge in [-0.2, -0.15) is 0 Å². The van der Waals surface area contributed by atoms with Crippen LogP contribution >= 0.6 is 24.0 Å². The maximum absolute atomic E-state index is 13.8. The van der Waals surface area contributed by atoms with Crippen molar-refractivity contribution in [3.63, 3.8) is 0 Å². The summed E-state index contributed by atoms with van der Waals surface area (Å²) in [6, 6.07) is 3.58. The highest BCUT2D eigenvalue weighted by Gasteiger charge is 2.26. The van der Waals surface area contributed by atoms with Crippen LogP contribution in [0, 0.1) is 17.6 Å². The predicted octanol–water partition coefficient (Wildman–Crippen LogP) is 4.07. The van der Waals surface area contributed by atoms with Crippen LogP contribution in [0.1, 0.15) is 52.0 Å². The van der Waals surface area contributed by atoms with Gasteiger partial charge in [0.15, 0.2) is 5.96 Å². The third-order valence-corrected chi connectivity index (χ3v) is 5.24. The molecule has 2 N–H and O–H groups in total. The third kappa shape index (κ3) is 7.71. The number of carbonyl (C=O) groups excluding carboxylic acids is 1. The van der Waals surface area contributed by atoms with E-state index in [0.29, 0.717) is 12.5 Å². The highest BCUT2D eigenvalue weighted by molar-refractivity contribution is 14.0. The van der Waals surface area contributed by atoms with Gasteiger partial charge in [0, 0.05) is 37.2 Å². The van der Waals surface area contributed by atoms with Crippen molar-refractivity contribution in [3.8, 4) is 0 Å². The van der Waals surface area contributed by atoms with E-state index in [2.05, 4.69) is 29.5 Å². The first-order valence-corrected chi connectivity index (χ1v) is 10.3. The molecule has 164 valence electrons. The molecule has 1 fully saturated rings. The third-order valence-electron chi connectivity index (χ3n) is 5.24. The Morgan fingerprint density at radius 2 is 1.86 bits per heavy atom. The molecule has 8 heteroatoms. The number of nitrogens with one attached hydrogen (secondary N) is 2. The fraction of sp³-hybridized carbons (Fsp3) is 0.619. The van der Waals surface area contributed by atoms with Crippen molar-refractivity contribution in [1.82, 2.24) is 15.5 Å². The molecule has 1 aromatic carbocycles. The number of hydrogen-bond acceptors (Lipinski definition) is 2. The molecule has 5 nitrogen and oxygen atoms in total. The lowest BCUT2D eigenvalue weighted by Crippen LogP contribution is -2.50. The van der Waals surface area contributed by atoms with Crippen molar-refractivity contribution < 1.29 is 13.6 Å². The van der Waals surface area contributed by atoms with Crippen LogP contribution in [0.5, 0.6) is 0 Å². The van der Waals surface area contributed by atoms with E-state index in [-0.39, 0.29) is 54.0 Å². The van der Waals surface area contributed by atoms with Gasteiger partial charge in [0.1, 0.15) is 11.6 Å². The molecule has 1 aliphatic rings. The van der Waals surface area contributed by atoms with Gasteiger partial charge in [-0.3, -0.25) is 4.79 Å². The number of benzene rings is 1. The second-order valence-corrected chi connectivity index (χ2v) is 7.19. The average Bonchev–Trinajstić information content (AvgIpc) is 2.70. The molecule has 1 aromatic rings. The van der Waals surface area contributed by atoms with Gasteiger partial charge in [0.2, 0.25) is 5.91 Å². The summed E-state index contributed by atoms with van der Waals surface area (Å²) in [6.07, 6.45) is 3.43. The first-order chi connectivity index (χ1) is 13.5. The lowest BCUT2D eigenvalue weighted by Gasteiger charge is -2.34. The SMILES string of the molecule is CCNC(=NCc1cc(F)ccc1F)NC1CCN(C(=O)C(CC)CC)CC1.I. The molecule has 0 bridgehead atoms. The van der Waals surface area contributed by atoms with E-state index in [4.69, 9.17) is 0 Å². The number of carbonyl (C=O) groups is 1. The zero-order chi connectivity index (χ0) is 20.5. The zero-order valence-corrected chi connectivity index (χ0v) is 19.8. The standard InChI is InChI=1S/C21H32F2N4O.HI/c1-4-15(5-2)20(28)27-11-9-18(10-12-27)26-21(24-6-3)25-14-16-13-17(22)7-8-19(16)23;/h7-8,13,15,18H,4-6,9-12,14H2,1-3H3,(H2,24,25,26);1H. The largest absolute Gasteiger partial charge is 0.357 e. The van der Waals surface area contributed by atoms with Crippen LogP contribution in [-0.2, 0) is 11.3 Å². The van der Waals surface area contributed by atoms with Crippen molar-refractivity contribution in [2.45, 2.75) is 59.0 Å². The topological polar surface area (TPSA) is 56.7 Å². The van der Waals surface area contributed by atoms with Gasteiger partial charge < -0.3 is 15.5 Å². The molecule has 29 heavy (non-hydrogen) atoms. The summed E-state index contributed by atoms with van der Waals surface area (Å²) in [5.74, 6) is 0.0133. The normalized spacial score (nSPS) is 15.2. The van der Waals surface area contributed by atoms with Crippen LogP contribution < -0.4 is 10.6 Å². The highest BCUT2D eigenvalue weighted by atomic mass is 127. The van der Waals surface area contributed by atoms with Crippen LogP contribution in [-0.4, -0.2) is 42.4 Å². The van der Waals surface area contributed by atoms with E-state index in [1.54, 1.807) is 0 Å². The molecular weight excluding hydrogens is 489 g/mol. The molecule has 1 amide bonds. The van der Waals surface area contributed by atoms with Crippen molar-refractivity contribution in [1.29, 1.82) is 0 Å². The molecule has 1 aliphatic heterocycles. The molecule has 0 aliphatic carbocycles. The van der Waals surface area contributed by atoms with Crippen LogP contribution in [0.4, 0.5) is 8.78 Å². The number of rotatable bonds is 7. The summed E-state index contributed by atoms with van der Waals surface area (Å²) < 4.78 is 27.1. The Labute approximate surface area is 189 Å². The molecule has 0 spiro atoms. The van der Waals surface area contributed by atoms with Crippen molar-refractivity contribution in [2.75, 3.05) is 19.6 Å². The van der Waals surface area contributed by atoms with Gasteiger partial charge in [-0.1, -0.05) is 13.8 Å². The molecule has 0 aromatic heterocycles. The van der Waals surface area contributed by atoms with Crippen LogP contribution in [0.3, 0.4) is 0 Å². The molecular formula is C21H33F2IN4O. The predicted molar refractivity (Wildman–Crippen MR) is 123 cm³/mol. The lowest BCUT2D eigenvalue weighted by atomic mass is 9.98. The van der Waals surface area contributed by atoms with Crippen molar-refractivity contribution >= 4 is 35.8 Å². The van der Waals surface area contributed by atoms with Gasteiger partial charge in [0.05, 0.1) is 6.54 Å². The van der Waals surface area contributed by atoms with E-state index in [1.165, 1.54) is 6.07 Å². The number of nitrogens with zero attached hydrogens (tertiary/aromatic N) is 2. The fourth-order valence-corrected chi connectivity index (χ4v) is 3.48. The monoisotopic (exact) mass is 522 g/mol. The Bertz CT molecular complexity index is 675. The number of aliphatic imine (C=N–C) groups is 1. The van der Waals surface area contributed by atoms with Crippen LogP contribution in [0.25, 0.3) is 0 Å². The second-order valence-electron chi connectivity index (χ2n) is 7.19. The van der Waals surface area contributed by atoms with Gasteiger partial charge in [-0.05, 0) is 50.8 Å². The van der Waals surface area contributed by atoms with Crippen molar-refractivity contribution in [3.05, 3.63) is 35.4 Å². The second kappa shape index (κ2) is 13.0. The molecule has 0 unspecified atom stereocenters. The average molecular weight is 522 g/mol. The Balaban J connectivity index is 0.00000420. The lowest BCUT2D eigenvalue weighted by molar-refractivity contribution is -0.136. The van der Waals surface area contributed by atoms with E-state index in [0.717, 1.165) is 50.9 Å². The van der Waals surface area contributed by atoms with Crippen LogP contribution in [0.15, 0.2) is 23.2 Å². The van der Waals surface area contributed by atoms with E-state index in [9.17, 15) is 13.6 Å². The Kier molecular flexibility index (Phi) is 11.4. The first kappa shape index (κ1) is 25.6. The summed E-state index contributed by atoms with van der Waals surface area (Å²) in [6.45, 7) is 8.25. The molecule has 0 atom stereocenters. The summed E-state index contributed by atoms with van der Waals surface area (Å²) in [4.78, 5) is 18.9. The number of likely N-dealkylation sites (tertiary alicyclic amines) is 1. The molecule has 0 radical (unpaired) electrons. The summed E-state index contributed by atoms with van der Waals surface area (Å²) in [5, 5.41) is 6.51. The minimum absolute atomic E-state index is 0. The Hall–Kier alpha value is -1.45. The summed E-state index contributed by atoms with van der Waals surface area (Å²) >= 11 is 0. The summed E-state index contributed by atoms with van der Waals surface area (Å²) in [7, 11) is 0. The van der Waals surface area contributed by atoms with Gasteiger partial charge in [-0.25, -0.2) is 13.8 Å². The smallest absolute Gasteiger partial charge is 0.225 e. The van der Waals surface area contributed by atoms with Gasteiger partial charge in [-0.15, -0.1) is 24.0 Å². The van der Waals surface area contributed by atoms with E-state index in [1.807, 2.05) is 11.8 Å². The number of hydrogen-bond donors (Lipinski definition) is 2. The number of amides is 1. The maximum atomic E-state index is 13.8.